The van der Waals surface area contributed by atoms with E-state index in [1.165, 1.54) is 19.3 Å². The van der Waals surface area contributed by atoms with E-state index in [4.69, 9.17) is 4.74 Å². The normalized spacial score (nSPS) is 21.1. The van der Waals surface area contributed by atoms with Crippen molar-refractivity contribution in [3.05, 3.63) is 24.3 Å². The number of fused-ring (bicyclic) bond motifs is 1. The van der Waals surface area contributed by atoms with Gasteiger partial charge < -0.3 is 9.64 Å². The van der Waals surface area contributed by atoms with Crippen LogP contribution in [0, 0.1) is 5.41 Å². The number of rotatable bonds is 3. The highest BCUT2D eigenvalue weighted by Crippen LogP contribution is 2.44. The fraction of sp³-hybridized carbons (Fsp3) is 0.533. The zero-order valence-corrected chi connectivity index (χ0v) is 11.9. The summed E-state index contributed by atoms with van der Waals surface area (Å²) in [6.45, 7) is 1.25. The second kappa shape index (κ2) is 5.08. The minimum atomic E-state index is 0.165. The van der Waals surface area contributed by atoms with Crippen molar-refractivity contribution in [2.24, 2.45) is 5.41 Å². The maximum atomic E-state index is 12.3. The van der Waals surface area contributed by atoms with E-state index in [2.05, 4.69) is 12.6 Å². The van der Waals surface area contributed by atoms with Gasteiger partial charge in [0, 0.05) is 6.54 Å². The molecule has 0 bridgehead atoms. The van der Waals surface area contributed by atoms with Gasteiger partial charge in [-0.3, -0.25) is 4.79 Å². The number of nitrogens with zero attached hydrogens (tertiary/aromatic N) is 1. The van der Waals surface area contributed by atoms with Crippen molar-refractivity contribution in [1.29, 1.82) is 0 Å². The molecule has 1 aliphatic carbocycles. The Labute approximate surface area is 119 Å². The summed E-state index contributed by atoms with van der Waals surface area (Å²) in [4.78, 5) is 14.2. The number of carbonyl (C=O) groups excluding carboxylic acids is 1. The molecule has 1 aliphatic heterocycles. The maximum Gasteiger partial charge on any atom is 0.230 e. The SMILES string of the molecule is O=C1CCOc2ccccc2N1CC1(CS)CCC1. The molecule has 2 aliphatic rings. The smallest absolute Gasteiger partial charge is 0.230 e. The first kappa shape index (κ1) is 12.9. The topological polar surface area (TPSA) is 29.5 Å². The molecule has 1 aromatic carbocycles. The molecule has 3 nitrogen and oxygen atoms in total. The van der Waals surface area contributed by atoms with Gasteiger partial charge in [-0.05, 0) is 36.1 Å². The summed E-state index contributed by atoms with van der Waals surface area (Å²) >= 11 is 4.49. The summed E-state index contributed by atoms with van der Waals surface area (Å²) in [6.07, 6.45) is 4.05. The van der Waals surface area contributed by atoms with E-state index in [0.29, 0.717) is 13.0 Å². The van der Waals surface area contributed by atoms with Crippen LogP contribution in [0.4, 0.5) is 5.69 Å². The molecule has 0 N–H and O–H groups in total. The Kier molecular flexibility index (Phi) is 3.44. The molecule has 1 fully saturated rings. The predicted octanol–water partition coefficient (Wildman–Crippen LogP) is 2.90. The van der Waals surface area contributed by atoms with Crippen LogP contribution in [0.2, 0.25) is 0 Å². The van der Waals surface area contributed by atoms with E-state index >= 15 is 0 Å². The van der Waals surface area contributed by atoms with Gasteiger partial charge in [0.15, 0.2) is 0 Å². The summed E-state index contributed by atoms with van der Waals surface area (Å²) in [7, 11) is 0. The molecule has 1 heterocycles. The molecule has 1 saturated carbocycles. The maximum absolute atomic E-state index is 12.3. The Morgan fingerprint density at radius 1 is 1.32 bits per heavy atom. The number of hydrogen-bond donors (Lipinski definition) is 1. The van der Waals surface area contributed by atoms with Crippen molar-refractivity contribution in [1.82, 2.24) is 0 Å². The molecule has 1 aromatic rings. The fourth-order valence-electron chi connectivity index (χ4n) is 2.87. The quantitative estimate of drug-likeness (QED) is 0.861. The van der Waals surface area contributed by atoms with Crippen LogP contribution in [-0.4, -0.2) is 24.8 Å². The second-order valence-electron chi connectivity index (χ2n) is 5.56. The first-order valence-electron chi connectivity index (χ1n) is 6.87. The van der Waals surface area contributed by atoms with Gasteiger partial charge in [0.25, 0.3) is 0 Å². The van der Waals surface area contributed by atoms with Gasteiger partial charge in [-0.1, -0.05) is 18.6 Å². The van der Waals surface area contributed by atoms with Crippen molar-refractivity contribution in [2.45, 2.75) is 25.7 Å². The van der Waals surface area contributed by atoms with Crippen LogP contribution in [0.25, 0.3) is 0 Å². The first-order chi connectivity index (χ1) is 9.24. The lowest BCUT2D eigenvalue weighted by Gasteiger charge is -2.44. The third kappa shape index (κ3) is 2.34. The molecule has 4 heteroatoms. The van der Waals surface area contributed by atoms with Gasteiger partial charge in [-0.25, -0.2) is 0 Å². The molecule has 0 aromatic heterocycles. The Hall–Kier alpha value is -1.16. The van der Waals surface area contributed by atoms with Crippen molar-refractivity contribution in [3.8, 4) is 5.75 Å². The summed E-state index contributed by atoms with van der Waals surface area (Å²) in [5.74, 6) is 1.83. The van der Waals surface area contributed by atoms with E-state index < -0.39 is 0 Å². The van der Waals surface area contributed by atoms with Crippen molar-refractivity contribution >= 4 is 24.2 Å². The standard InChI is InChI=1S/C15H19NO2S/c17-14-6-9-18-13-5-2-1-4-12(13)16(14)10-15(11-19)7-3-8-15/h1-2,4-5,19H,3,6-11H2. The molecule has 0 radical (unpaired) electrons. The van der Waals surface area contributed by atoms with Gasteiger partial charge in [0.05, 0.1) is 18.7 Å². The van der Waals surface area contributed by atoms with E-state index in [9.17, 15) is 4.79 Å². The zero-order chi connectivity index (χ0) is 13.3. The molecule has 19 heavy (non-hydrogen) atoms. The van der Waals surface area contributed by atoms with Gasteiger partial charge >= 0.3 is 0 Å². The predicted molar refractivity (Wildman–Crippen MR) is 79.0 cm³/mol. The lowest BCUT2D eigenvalue weighted by Crippen LogP contribution is -2.46. The van der Waals surface area contributed by atoms with Crippen molar-refractivity contribution < 1.29 is 9.53 Å². The van der Waals surface area contributed by atoms with Gasteiger partial charge in [-0.2, -0.15) is 12.6 Å². The van der Waals surface area contributed by atoms with Crippen molar-refractivity contribution in [3.63, 3.8) is 0 Å². The van der Waals surface area contributed by atoms with Crippen LogP contribution in [-0.2, 0) is 4.79 Å². The number of amides is 1. The number of anilines is 1. The first-order valence-corrected chi connectivity index (χ1v) is 7.50. The molecular formula is C15H19NO2S. The summed E-state index contributed by atoms with van der Waals surface area (Å²) < 4.78 is 5.67. The van der Waals surface area contributed by atoms with Crippen LogP contribution >= 0.6 is 12.6 Å². The molecule has 0 atom stereocenters. The summed E-state index contributed by atoms with van der Waals surface area (Å²) in [5, 5.41) is 0. The molecular weight excluding hydrogens is 258 g/mol. The van der Waals surface area contributed by atoms with Gasteiger partial charge in [0.1, 0.15) is 5.75 Å². The van der Waals surface area contributed by atoms with E-state index in [1.807, 2.05) is 29.2 Å². The zero-order valence-electron chi connectivity index (χ0n) is 11.0. The number of thiol groups is 1. The third-order valence-corrected chi connectivity index (χ3v) is 4.94. The number of hydrogen-bond acceptors (Lipinski definition) is 3. The Morgan fingerprint density at radius 2 is 2.11 bits per heavy atom. The Balaban J connectivity index is 1.91. The van der Waals surface area contributed by atoms with Crippen molar-refractivity contribution in [2.75, 3.05) is 23.8 Å². The van der Waals surface area contributed by atoms with Crippen LogP contribution in [0.15, 0.2) is 24.3 Å². The summed E-state index contributed by atoms with van der Waals surface area (Å²) in [6, 6.07) is 7.82. The average molecular weight is 277 g/mol. The number of carbonyl (C=O) groups is 1. The minimum Gasteiger partial charge on any atom is -0.491 e. The van der Waals surface area contributed by atoms with Gasteiger partial charge in [0.2, 0.25) is 5.91 Å². The number of ether oxygens (including phenoxy) is 1. The van der Waals surface area contributed by atoms with E-state index in [1.54, 1.807) is 0 Å². The number of para-hydroxylation sites is 2. The Morgan fingerprint density at radius 3 is 2.79 bits per heavy atom. The third-order valence-electron chi connectivity index (χ3n) is 4.27. The van der Waals surface area contributed by atoms with Crippen LogP contribution < -0.4 is 9.64 Å². The largest absolute Gasteiger partial charge is 0.491 e. The van der Waals surface area contributed by atoms with Crippen LogP contribution in [0.5, 0.6) is 5.75 Å². The number of benzene rings is 1. The molecule has 0 unspecified atom stereocenters. The fourth-order valence-corrected chi connectivity index (χ4v) is 3.29. The molecule has 3 rings (SSSR count). The van der Waals surface area contributed by atoms with Crippen LogP contribution in [0.1, 0.15) is 25.7 Å². The Bertz CT molecular complexity index is 479. The van der Waals surface area contributed by atoms with Gasteiger partial charge in [-0.15, -0.1) is 0 Å². The minimum absolute atomic E-state index is 0.165. The molecule has 1 amide bonds. The summed E-state index contributed by atoms with van der Waals surface area (Å²) in [5.41, 5.74) is 1.12. The monoisotopic (exact) mass is 277 g/mol. The highest BCUT2D eigenvalue weighted by atomic mass is 32.1. The molecule has 0 spiro atoms. The molecule has 0 saturated heterocycles. The van der Waals surface area contributed by atoms with E-state index in [0.717, 1.165) is 23.7 Å². The lowest BCUT2D eigenvalue weighted by atomic mass is 9.70. The molecule has 102 valence electrons. The second-order valence-corrected chi connectivity index (χ2v) is 5.87. The highest BCUT2D eigenvalue weighted by molar-refractivity contribution is 7.80. The average Bonchev–Trinajstić information content (AvgIpc) is 2.53. The lowest BCUT2D eigenvalue weighted by molar-refractivity contribution is -0.119. The highest BCUT2D eigenvalue weighted by Gasteiger charge is 2.39. The van der Waals surface area contributed by atoms with Crippen LogP contribution in [0.3, 0.4) is 0 Å². The van der Waals surface area contributed by atoms with E-state index in [-0.39, 0.29) is 11.3 Å².